The van der Waals surface area contributed by atoms with Gasteiger partial charge < -0.3 is 5.73 Å². The summed E-state index contributed by atoms with van der Waals surface area (Å²) < 4.78 is 1.98. The number of thiophene rings is 1. The molecule has 0 bridgehead atoms. The molecule has 1 aliphatic carbocycles. The molecular weight excluding hydrogens is 268 g/mol. The molecule has 0 spiro atoms. The van der Waals surface area contributed by atoms with E-state index in [1.165, 1.54) is 29.7 Å². The van der Waals surface area contributed by atoms with E-state index in [1.807, 2.05) is 16.0 Å². The zero-order valence-electron chi connectivity index (χ0n) is 12.1. The van der Waals surface area contributed by atoms with Gasteiger partial charge in [-0.2, -0.15) is 5.10 Å². The van der Waals surface area contributed by atoms with Crippen LogP contribution in [0.2, 0.25) is 0 Å². The molecule has 4 nitrogen and oxygen atoms in total. The highest BCUT2D eigenvalue weighted by Crippen LogP contribution is 2.37. The predicted molar refractivity (Wildman–Crippen MR) is 82.1 cm³/mol. The maximum atomic E-state index is 6.51. The molecule has 5 heteroatoms. The van der Waals surface area contributed by atoms with E-state index in [1.54, 1.807) is 6.33 Å². The van der Waals surface area contributed by atoms with Gasteiger partial charge in [-0.3, -0.25) is 0 Å². The minimum absolute atomic E-state index is 0.130. The molecule has 2 unspecified atom stereocenters. The lowest BCUT2D eigenvalue weighted by Gasteiger charge is -2.28. The molecule has 2 aromatic heterocycles. The molecule has 0 radical (unpaired) electrons. The molecule has 2 N–H and O–H groups in total. The van der Waals surface area contributed by atoms with E-state index < -0.39 is 0 Å². The lowest BCUT2D eigenvalue weighted by atomic mass is 9.81. The first-order valence-electron chi connectivity index (χ1n) is 7.37. The van der Waals surface area contributed by atoms with E-state index in [4.69, 9.17) is 5.73 Å². The Labute approximate surface area is 124 Å². The van der Waals surface area contributed by atoms with Crippen LogP contribution in [0.1, 0.15) is 54.9 Å². The van der Waals surface area contributed by atoms with E-state index in [0.29, 0.717) is 12.0 Å². The molecule has 0 fully saturated rings. The fourth-order valence-corrected chi connectivity index (χ4v) is 4.17. The van der Waals surface area contributed by atoms with E-state index in [9.17, 15) is 0 Å². The first kappa shape index (κ1) is 13.8. The summed E-state index contributed by atoms with van der Waals surface area (Å²) in [6.45, 7) is 4.25. The van der Waals surface area contributed by atoms with Crippen LogP contribution in [-0.4, -0.2) is 20.8 Å². The fourth-order valence-electron chi connectivity index (χ4n) is 3.17. The van der Waals surface area contributed by atoms with Crippen LogP contribution in [0.4, 0.5) is 0 Å². The largest absolute Gasteiger partial charge is 0.327 e. The Kier molecular flexibility index (Phi) is 3.89. The Hall–Kier alpha value is -1.20. The van der Waals surface area contributed by atoms with E-state index in [0.717, 1.165) is 12.2 Å². The number of hydrogen-bond donors (Lipinski definition) is 1. The van der Waals surface area contributed by atoms with E-state index in [2.05, 4.69) is 35.4 Å². The van der Waals surface area contributed by atoms with Crippen LogP contribution in [0.25, 0.3) is 0 Å². The van der Waals surface area contributed by atoms with Gasteiger partial charge in [0.05, 0.1) is 0 Å². The third kappa shape index (κ3) is 2.52. The summed E-state index contributed by atoms with van der Waals surface area (Å²) in [5.41, 5.74) is 7.98. The summed E-state index contributed by atoms with van der Waals surface area (Å²) >= 11 is 1.87. The number of aryl methyl sites for hydroxylation is 1. The minimum Gasteiger partial charge on any atom is -0.327 e. The monoisotopic (exact) mass is 290 g/mol. The second kappa shape index (κ2) is 5.66. The number of fused-ring (bicyclic) bond motifs is 1. The van der Waals surface area contributed by atoms with Crippen LogP contribution < -0.4 is 5.73 Å². The Bertz CT molecular complexity index is 572. The third-order valence-corrected chi connectivity index (χ3v) is 5.17. The summed E-state index contributed by atoms with van der Waals surface area (Å²) in [4.78, 5) is 5.92. The quantitative estimate of drug-likeness (QED) is 0.942. The van der Waals surface area contributed by atoms with Crippen molar-refractivity contribution >= 4 is 11.3 Å². The highest BCUT2D eigenvalue weighted by atomic mass is 32.1. The van der Waals surface area contributed by atoms with Crippen LogP contribution in [0, 0.1) is 0 Å². The van der Waals surface area contributed by atoms with Gasteiger partial charge in [-0.1, -0.05) is 0 Å². The van der Waals surface area contributed by atoms with Gasteiger partial charge in [0.1, 0.15) is 12.2 Å². The molecule has 3 rings (SSSR count). The Morgan fingerprint density at radius 3 is 3.15 bits per heavy atom. The van der Waals surface area contributed by atoms with Gasteiger partial charge in [0.2, 0.25) is 0 Å². The average molecular weight is 290 g/mol. The lowest BCUT2D eigenvalue weighted by Crippen LogP contribution is -2.33. The van der Waals surface area contributed by atoms with Gasteiger partial charge in [-0.05, 0) is 50.1 Å². The fraction of sp³-hybridized carbons (Fsp3) is 0.600. The standard InChI is InChI=1S/C15H22N4S/c1-10(2)19-15(17-9-18-19)8-13(16)11-4-3-5-14-12(11)6-7-20-14/h6-7,9-11,13H,3-5,8,16H2,1-2H3. The summed E-state index contributed by atoms with van der Waals surface area (Å²) in [5.74, 6) is 1.48. The average Bonchev–Trinajstić information content (AvgIpc) is 3.05. The molecule has 1 aliphatic rings. The molecular formula is C15H22N4S. The van der Waals surface area contributed by atoms with Crippen molar-refractivity contribution in [3.8, 4) is 0 Å². The molecule has 108 valence electrons. The van der Waals surface area contributed by atoms with Crippen LogP contribution in [0.5, 0.6) is 0 Å². The molecule has 0 amide bonds. The van der Waals surface area contributed by atoms with Gasteiger partial charge in [-0.15, -0.1) is 11.3 Å². The predicted octanol–water partition coefficient (Wildman–Crippen LogP) is 2.91. The van der Waals surface area contributed by atoms with Gasteiger partial charge >= 0.3 is 0 Å². The topological polar surface area (TPSA) is 56.7 Å². The molecule has 20 heavy (non-hydrogen) atoms. The van der Waals surface area contributed by atoms with Crippen LogP contribution in [-0.2, 0) is 12.8 Å². The maximum absolute atomic E-state index is 6.51. The number of rotatable bonds is 4. The maximum Gasteiger partial charge on any atom is 0.138 e. The summed E-state index contributed by atoms with van der Waals surface area (Å²) in [6.07, 6.45) is 6.11. The highest BCUT2D eigenvalue weighted by Gasteiger charge is 2.27. The summed E-state index contributed by atoms with van der Waals surface area (Å²) in [6, 6.07) is 2.73. The first-order chi connectivity index (χ1) is 9.66. The SMILES string of the molecule is CC(C)n1ncnc1CC(N)C1CCCc2sccc21. The molecule has 0 aromatic carbocycles. The zero-order valence-corrected chi connectivity index (χ0v) is 12.9. The normalized spacial score (nSPS) is 20.1. The van der Waals surface area contributed by atoms with Crippen molar-refractivity contribution in [2.24, 2.45) is 5.73 Å². The molecule has 0 saturated carbocycles. The Morgan fingerprint density at radius 1 is 1.50 bits per heavy atom. The first-order valence-corrected chi connectivity index (χ1v) is 8.25. The zero-order chi connectivity index (χ0) is 14.1. The summed E-state index contributed by atoms with van der Waals surface area (Å²) in [5, 5.41) is 6.50. The van der Waals surface area contributed by atoms with E-state index in [-0.39, 0.29) is 6.04 Å². The lowest BCUT2D eigenvalue weighted by molar-refractivity contribution is 0.434. The van der Waals surface area contributed by atoms with E-state index >= 15 is 0 Å². The van der Waals surface area contributed by atoms with Crippen molar-refractivity contribution < 1.29 is 0 Å². The molecule has 0 saturated heterocycles. The number of nitrogens with zero attached hydrogens (tertiary/aromatic N) is 3. The van der Waals surface area contributed by atoms with Crippen molar-refractivity contribution in [2.75, 3.05) is 0 Å². The molecule has 0 aliphatic heterocycles. The highest BCUT2D eigenvalue weighted by molar-refractivity contribution is 7.10. The van der Waals surface area contributed by atoms with Gasteiger partial charge in [0.15, 0.2) is 0 Å². The van der Waals surface area contributed by atoms with Gasteiger partial charge in [0, 0.05) is 29.3 Å². The van der Waals surface area contributed by atoms with Crippen molar-refractivity contribution in [3.05, 3.63) is 34.0 Å². The number of hydrogen-bond acceptors (Lipinski definition) is 4. The second-order valence-electron chi connectivity index (χ2n) is 5.88. The number of aromatic nitrogens is 3. The van der Waals surface area contributed by atoms with Gasteiger partial charge in [-0.25, -0.2) is 9.67 Å². The molecule has 2 aromatic rings. The van der Waals surface area contributed by atoms with Crippen LogP contribution in [0.3, 0.4) is 0 Å². The summed E-state index contributed by atoms with van der Waals surface area (Å²) in [7, 11) is 0. The van der Waals surface area contributed by atoms with Crippen molar-refractivity contribution in [3.63, 3.8) is 0 Å². The molecule has 2 heterocycles. The van der Waals surface area contributed by atoms with Crippen molar-refractivity contribution in [1.82, 2.24) is 14.8 Å². The molecule has 2 atom stereocenters. The number of nitrogens with two attached hydrogens (primary N) is 1. The Morgan fingerprint density at radius 2 is 2.35 bits per heavy atom. The van der Waals surface area contributed by atoms with Crippen LogP contribution in [0.15, 0.2) is 17.8 Å². The van der Waals surface area contributed by atoms with Crippen LogP contribution >= 0.6 is 11.3 Å². The van der Waals surface area contributed by atoms with Crippen molar-refractivity contribution in [2.45, 2.75) is 57.5 Å². The van der Waals surface area contributed by atoms with Gasteiger partial charge in [0.25, 0.3) is 0 Å². The van der Waals surface area contributed by atoms with Crippen molar-refractivity contribution in [1.29, 1.82) is 0 Å². The Balaban J connectivity index is 1.78. The third-order valence-electron chi connectivity index (χ3n) is 4.17. The smallest absolute Gasteiger partial charge is 0.138 e. The minimum atomic E-state index is 0.130. The second-order valence-corrected chi connectivity index (χ2v) is 6.88.